The maximum Gasteiger partial charge on any atom is 0.144 e. The molecule has 5 heteroatoms. The van der Waals surface area contributed by atoms with Gasteiger partial charge < -0.3 is 9.72 Å². The molecule has 0 aliphatic rings. The van der Waals surface area contributed by atoms with E-state index in [1.165, 1.54) is 0 Å². The van der Waals surface area contributed by atoms with Crippen molar-refractivity contribution in [2.75, 3.05) is 7.11 Å². The fourth-order valence-electron chi connectivity index (χ4n) is 1.59. The Hall–Kier alpha value is -0.260. The summed E-state index contributed by atoms with van der Waals surface area (Å²) in [6.45, 7) is 6.23. The minimum absolute atomic E-state index is 0.406. The van der Waals surface area contributed by atoms with E-state index in [4.69, 9.17) is 17.0 Å². The van der Waals surface area contributed by atoms with Crippen molar-refractivity contribution in [1.29, 1.82) is 0 Å². The van der Waals surface area contributed by atoms with Crippen LogP contribution in [-0.4, -0.2) is 17.1 Å². The Morgan fingerprint density at radius 1 is 1.47 bits per heavy atom. The van der Waals surface area contributed by atoms with E-state index in [0.717, 1.165) is 35.3 Å². The van der Waals surface area contributed by atoms with Crippen molar-refractivity contribution in [3.05, 3.63) is 20.6 Å². The Bertz CT molecular complexity index is 441. The highest BCUT2D eigenvalue weighted by Gasteiger charge is 2.27. The molecule has 3 nitrogen and oxygen atoms in total. The standard InChI is InChI=1S/C12H19BrN2OS/c1-5-7-8-9(13)10(17)15-11(14-8)12(3,6-2)16-4/h5-7H2,1-4H3,(H,14,15,17). The van der Waals surface area contributed by atoms with E-state index < -0.39 is 5.60 Å². The number of hydrogen-bond acceptors (Lipinski definition) is 3. The number of aryl methyl sites for hydroxylation is 1. The molecule has 0 aliphatic carbocycles. The lowest BCUT2D eigenvalue weighted by molar-refractivity contribution is -0.00928. The van der Waals surface area contributed by atoms with Crippen LogP contribution in [0.2, 0.25) is 0 Å². The predicted octanol–water partition coefficient (Wildman–Crippen LogP) is 4.13. The number of aromatic amines is 1. The van der Waals surface area contributed by atoms with E-state index in [1.54, 1.807) is 7.11 Å². The normalized spacial score (nSPS) is 14.6. The largest absolute Gasteiger partial charge is 0.371 e. The Labute approximate surface area is 116 Å². The summed E-state index contributed by atoms with van der Waals surface area (Å²) in [5, 5.41) is 0. The molecule has 96 valence electrons. The number of methoxy groups -OCH3 is 1. The van der Waals surface area contributed by atoms with Crippen LogP contribution in [0.15, 0.2) is 4.47 Å². The van der Waals surface area contributed by atoms with Crippen LogP contribution in [-0.2, 0) is 16.8 Å². The summed E-state index contributed by atoms with van der Waals surface area (Å²) in [6.07, 6.45) is 2.85. The fourth-order valence-corrected chi connectivity index (χ4v) is 2.19. The van der Waals surface area contributed by atoms with E-state index in [9.17, 15) is 0 Å². The smallest absolute Gasteiger partial charge is 0.144 e. The first-order valence-electron chi connectivity index (χ1n) is 5.82. The molecule has 17 heavy (non-hydrogen) atoms. The van der Waals surface area contributed by atoms with Gasteiger partial charge in [0.05, 0.1) is 4.47 Å². The highest BCUT2D eigenvalue weighted by molar-refractivity contribution is 9.10. The van der Waals surface area contributed by atoms with Crippen LogP contribution in [0, 0.1) is 4.64 Å². The van der Waals surface area contributed by atoms with Crippen LogP contribution in [0.5, 0.6) is 0 Å². The molecule has 0 spiro atoms. The summed E-state index contributed by atoms with van der Waals surface area (Å²) >= 11 is 8.76. The van der Waals surface area contributed by atoms with E-state index in [1.807, 2.05) is 6.92 Å². The Morgan fingerprint density at radius 2 is 2.12 bits per heavy atom. The van der Waals surface area contributed by atoms with Gasteiger partial charge in [0, 0.05) is 12.8 Å². The van der Waals surface area contributed by atoms with Crippen LogP contribution in [0.3, 0.4) is 0 Å². The summed E-state index contributed by atoms with van der Waals surface area (Å²) in [5.41, 5.74) is 0.691. The third kappa shape index (κ3) is 3.14. The number of hydrogen-bond donors (Lipinski definition) is 1. The Morgan fingerprint density at radius 3 is 2.59 bits per heavy atom. The van der Waals surface area contributed by atoms with E-state index in [0.29, 0.717) is 4.64 Å². The zero-order valence-electron chi connectivity index (χ0n) is 10.8. The summed E-state index contributed by atoms with van der Waals surface area (Å²) in [7, 11) is 1.70. The van der Waals surface area contributed by atoms with Gasteiger partial charge in [-0.25, -0.2) is 4.98 Å². The van der Waals surface area contributed by atoms with Crippen LogP contribution >= 0.6 is 28.1 Å². The van der Waals surface area contributed by atoms with Gasteiger partial charge in [-0.3, -0.25) is 0 Å². The van der Waals surface area contributed by atoms with Crippen LogP contribution in [0.25, 0.3) is 0 Å². The molecule has 1 atom stereocenters. The van der Waals surface area contributed by atoms with Crippen molar-refractivity contribution in [2.24, 2.45) is 0 Å². The van der Waals surface area contributed by atoms with Crippen LogP contribution < -0.4 is 0 Å². The third-order valence-corrected chi connectivity index (χ3v) is 4.47. The van der Waals surface area contributed by atoms with Crippen LogP contribution in [0.1, 0.15) is 45.1 Å². The first-order chi connectivity index (χ1) is 7.98. The van der Waals surface area contributed by atoms with Gasteiger partial charge in [-0.15, -0.1) is 0 Å². The van der Waals surface area contributed by atoms with Gasteiger partial charge in [-0.2, -0.15) is 0 Å². The molecular formula is C12H19BrN2OS. The number of nitrogens with one attached hydrogen (secondary N) is 1. The second-order valence-corrected chi connectivity index (χ2v) is 5.40. The molecule has 0 fully saturated rings. The second-order valence-electron chi connectivity index (χ2n) is 4.22. The van der Waals surface area contributed by atoms with Gasteiger partial charge in [-0.05, 0) is 35.7 Å². The first-order valence-corrected chi connectivity index (χ1v) is 7.03. The third-order valence-electron chi connectivity index (χ3n) is 3.06. The zero-order chi connectivity index (χ0) is 13.1. The number of aromatic nitrogens is 2. The SMILES string of the molecule is CCCc1[nH]c(C(C)(CC)OC)nc(=S)c1Br. The average Bonchev–Trinajstić information content (AvgIpc) is 2.34. The zero-order valence-corrected chi connectivity index (χ0v) is 13.2. The number of nitrogens with zero attached hydrogens (tertiary/aromatic N) is 1. The van der Waals surface area contributed by atoms with Crippen molar-refractivity contribution in [3.8, 4) is 0 Å². The van der Waals surface area contributed by atoms with Crippen LogP contribution in [0.4, 0.5) is 0 Å². The molecule has 1 N–H and O–H groups in total. The van der Waals surface area contributed by atoms with Crippen molar-refractivity contribution >= 4 is 28.1 Å². The highest BCUT2D eigenvalue weighted by atomic mass is 79.9. The Kier molecular flexibility index (Phi) is 5.28. The highest BCUT2D eigenvalue weighted by Crippen LogP contribution is 2.27. The second kappa shape index (κ2) is 6.07. The summed E-state index contributed by atoms with van der Waals surface area (Å²) < 4.78 is 7.04. The molecular weight excluding hydrogens is 300 g/mol. The summed E-state index contributed by atoms with van der Waals surface area (Å²) in [5.74, 6) is 0.805. The number of H-pyrrole nitrogens is 1. The van der Waals surface area contributed by atoms with Gasteiger partial charge in [0.1, 0.15) is 16.1 Å². The fraction of sp³-hybridized carbons (Fsp3) is 0.667. The molecule has 1 unspecified atom stereocenters. The number of ether oxygens (including phenoxy) is 1. The molecule has 1 aromatic rings. The van der Waals surface area contributed by atoms with Gasteiger partial charge >= 0.3 is 0 Å². The topological polar surface area (TPSA) is 37.9 Å². The molecule has 0 aromatic carbocycles. The maximum absolute atomic E-state index is 5.55. The van der Waals surface area contributed by atoms with E-state index in [2.05, 4.69) is 39.7 Å². The van der Waals surface area contributed by atoms with Gasteiger partial charge in [0.15, 0.2) is 0 Å². The Balaban J connectivity index is 3.32. The first kappa shape index (κ1) is 14.8. The molecule has 0 radical (unpaired) electrons. The van der Waals surface area contributed by atoms with Gasteiger partial charge in [0.25, 0.3) is 0 Å². The molecule has 1 rings (SSSR count). The van der Waals surface area contributed by atoms with Gasteiger partial charge in [-0.1, -0.05) is 32.5 Å². The van der Waals surface area contributed by atoms with Crippen molar-refractivity contribution in [2.45, 2.75) is 45.6 Å². The van der Waals surface area contributed by atoms with Crippen molar-refractivity contribution < 1.29 is 4.74 Å². The average molecular weight is 319 g/mol. The quantitative estimate of drug-likeness (QED) is 0.830. The van der Waals surface area contributed by atoms with Gasteiger partial charge in [0.2, 0.25) is 0 Å². The maximum atomic E-state index is 5.55. The molecule has 0 amide bonds. The minimum atomic E-state index is -0.406. The van der Waals surface area contributed by atoms with E-state index >= 15 is 0 Å². The lowest BCUT2D eigenvalue weighted by Gasteiger charge is -2.26. The molecule has 1 aromatic heterocycles. The van der Waals surface area contributed by atoms with Crippen molar-refractivity contribution in [1.82, 2.24) is 9.97 Å². The molecule has 1 heterocycles. The van der Waals surface area contributed by atoms with E-state index in [-0.39, 0.29) is 0 Å². The number of rotatable bonds is 5. The summed E-state index contributed by atoms with van der Waals surface area (Å²) in [4.78, 5) is 7.76. The number of halogens is 1. The molecule has 0 saturated heterocycles. The predicted molar refractivity (Wildman–Crippen MR) is 75.8 cm³/mol. The minimum Gasteiger partial charge on any atom is -0.371 e. The lowest BCUT2D eigenvalue weighted by Crippen LogP contribution is -2.27. The molecule has 0 bridgehead atoms. The molecule has 0 aliphatic heterocycles. The summed E-state index contributed by atoms with van der Waals surface area (Å²) in [6, 6.07) is 0. The molecule has 0 saturated carbocycles. The lowest BCUT2D eigenvalue weighted by atomic mass is 10.0. The van der Waals surface area contributed by atoms with Crippen molar-refractivity contribution in [3.63, 3.8) is 0 Å². The monoisotopic (exact) mass is 318 g/mol.